The summed E-state index contributed by atoms with van der Waals surface area (Å²) in [6.07, 6.45) is 3.10. The van der Waals surface area contributed by atoms with Gasteiger partial charge in [-0.05, 0) is 18.6 Å². The first-order chi connectivity index (χ1) is 6.79. The van der Waals surface area contributed by atoms with Crippen molar-refractivity contribution in [2.24, 2.45) is 0 Å². The van der Waals surface area contributed by atoms with Crippen molar-refractivity contribution in [3.8, 4) is 0 Å². The third-order valence-corrected chi connectivity index (χ3v) is 2.57. The van der Waals surface area contributed by atoms with E-state index in [1.54, 1.807) is 13.3 Å². The van der Waals surface area contributed by atoms with Crippen LogP contribution in [0, 0.1) is 0 Å². The molecule has 0 aromatic carbocycles. The molecule has 1 atom stereocenters. The minimum Gasteiger partial charge on any atom is -0.397 e. The zero-order valence-corrected chi connectivity index (χ0v) is 8.31. The lowest BCUT2D eigenvalue weighted by atomic mass is 10.3. The summed E-state index contributed by atoms with van der Waals surface area (Å²) in [5.74, 6) is 0.985. The van der Waals surface area contributed by atoms with E-state index in [1.807, 2.05) is 12.1 Å². The van der Waals surface area contributed by atoms with Crippen molar-refractivity contribution < 1.29 is 4.74 Å². The molecule has 0 radical (unpaired) electrons. The molecule has 1 saturated heterocycles. The van der Waals surface area contributed by atoms with Gasteiger partial charge in [-0.1, -0.05) is 0 Å². The predicted octanol–water partition coefficient (Wildman–Crippen LogP) is 0.889. The van der Waals surface area contributed by atoms with E-state index in [2.05, 4.69) is 9.88 Å². The molecule has 4 heteroatoms. The number of methoxy groups -OCH3 is 1. The molecule has 1 aromatic rings. The summed E-state index contributed by atoms with van der Waals surface area (Å²) in [5.41, 5.74) is 6.28. The van der Waals surface area contributed by atoms with Gasteiger partial charge in [0, 0.05) is 20.2 Å². The maximum atomic E-state index is 5.57. The highest BCUT2D eigenvalue weighted by atomic mass is 16.5. The van der Waals surface area contributed by atoms with Crippen molar-refractivity contribution in [2.75, 3.05) is 30.8 Å². The lowest BCUT2D eigenvalue weighted by molar-refractivity contribution is 0.121. The van der Waals surface area contributed by atoms with Gasteiger partial charge < -0.3 is 15.4 Å². The summed E-state index contributed by atoms with van der Waals surface area (Å²) in [7, 11) is 1.75. The molecule has 0 aliphatic carbocycles. The van der Waals surface area contributed by atoms with Gasteiger partial charge in [0.25, 0.3) is 0 Å². The summed E-state index contributed by atoms with van der Waals surface area (Å²) < 4.78 is 5.29. The van der Waals surface area contributed by atoms with E-state index in [9.17, 15) is 0 Å². The van der Waals surface area contributed by atoms with Crippen LogP contribution >= 0.6 is 0 Å². The van der Waals surface area contributed by atoms with Gasteiger partial charge in [0.1, 0.15) is 5.82 Å². The highest BCUT2D eigenvalue weighted by Crippen LogP contribution is 2.19. The molecule has 2 rings (SSSR count). The number of nitrogens with two attached hydrogens (primary N) is 1. The summed E-state index contributed by atoms with van der Waals surface area (Å²) in [4.78, 5) is 6.49. The molecule has 76 valence electrons. The van der Waals surface area contributed by atoms with E-state index in [-0.39, 0.29) is 0 Å². The fourth-order valence-corrected chi connectivity index (χ4v) is 1.71. The van der Waals surface area contributed by atoms with Crippen LogP contribution in [0.1, 0.15) is 6.42 Å². The molecular formula is C10H15N3O. The van der Waals surface area contributed by atoms with E-state index in [1.165, 1.54) is 0 Å². The Kier molecular flexibility index (Phi) is 2.54. The maximum Gasteiger partial charge on any atom is 0.128 e. The Bertz CT molecular complexity index is 299. The number of aromatic nitrogens is 1. The minimum absolute atomic E-state index is 0.342. The van der Waals surface area contributed by atoms with E-state index in [4.69, 9.17) is 10.5 Å². The number of nitrogens with zero attached hydrogens (tertiary/aromatic N) is 2. The molecule has 0 spiro atoms. The number of nitrogen functional groups attached to an aromatic ring is 1. The number of rotatable bonds is 2. The average Bonchev–Trinajstić information content (AvgIpc) is 2.67. The van der Waals surface area contributed by atoms with Gasteiger partial charge in [-0.3, -0.25) is 0 Å². The standard InChI is InChI=1S/C10H15N3O/c1-14-9-4-5-13(7-9)10-3-2-8(11)6-12-10/h2-3,6,9H,4-5,7,11H2,1H3/t9-/m0/s1. The molecule has 4 nitrogen and oxygen atoms in total. The Hall–Kier alpha value is -1.29. The van der Waals surface area contributed by atoms with Crippen LogP contribution in [-0.4, -0.2) is 31.3 Å². The average molecular weight is 193 g/mol. The highest BCUT2D eigenvalue weighted by molar-refractivity contribution is 5.46. The van der Waals surface area contributed by atoms with Crippen LogP contribution in [0.25, 0.3) is 0 Å². The van der Waals surface area contributed by atoms with Gasteiger partial charge in [-0.2, -0.15) is 0 Å². The second-order valence-corrected chi connectivity index (χ2v) is 3.54. The molecule has 2 heterocycles. The first-order valence-corrected chi connectivity index (χ1v) is 4.79. The van der Waals surface area contributed by atoms with Crippen LogP contribution < -0.4 is 10.6 Å². The quantitative estimate of drug-likeness (QED) is 0.757. The van der Waals surface area contributed by atoms with Crippen molar-refractivity contribution in [3.63, 3.8) is 0 Å². The van der Waals surface area contributed by atoms with Crippen molar-refractivity contribution in [1.82, 2.24) is 4.98 Å². The molecule has 1 fully saturated rings. The van der Waals surface area contributed by atoms with Gasteiger partial charge in [-0.25, -0.2) is 4.98 Å². The number of hydrogen-bond acceptors (Lipinski definition) is 4. The molecule has 0 saturated carbocycles. The van der Waals surface area contributed by atoms with Crippen LogP contribution in [0.3, 0.4) is 0 Å². The van der Waals surface area contributed by atoms with Gasteiger partial charge in [-0.15, -0.1) is 0 Å². The predicted molar refractivity (Wildman–Crippen MR) is 56.3 cm³/mol. The topological polar surface area (TPSA) is 51.4 Å². The van der Waals surface area contributed by atoms with Crippen molar-refractivity contribution in [2.45, 2.75) is 12.5 Å². The number of pyridine rings is 1. The second-order valence-electron chi connectivity index (χ2n) is 3.54. The number of anilines is 2. The number of ether oxygens (including phenoxy) is 1. The number of hydrogen-bond donors (Lipinski definition) is 1. The first-order valence-electron chi connectivity index (χ1n) is 4.79. The molecule has 0 unspecified atom stereocenters. The Morgan fingerprint density at radius 1 is 1.57 bits per heavy atom. The zero-order chi connectivity index (χ0) is 9.97. The van der Waals surface area contributed by atoms with E-state index in [0.717, 1.165) is 25.3 Å². The zero-order valence-electron chi connectivity index (χ0n) is 8.31. The van der Waals surface area contributed by atoms with Gasteiger partial charge in [0.2, 0.25) is 0 Å². The summed E-state index contributed by atoms with van der Waals surface area (Å²) in [6, 6.07) is 3.83. The first kappa shape index (κ1) is 9.27. The Labute approximate surface area is 83.7 Å². The van der Waals surface area contributed by atoms with Crippen molar-refractivity contribution >= 4 is 11.5 Å². The molecule has 1 aliphatic rings. The fourth-order valence-electron chi connectivity index (χ4n) is 1.71. The molecule has 2 N–H and O–H groups in total. The Balaban J connectivity index is 2.06. The van der Waals surface area contributed by atoms with Crippen LogP contribution in [-0.2, 0) is 4.74 Å². The third-order valence-electron chi connectivity index (χ3n) is 2.57. The Morgan fingerprint density at radius 2 is 2.43 bits per heavy atom. The van der Waals surface area contributed by atoms with Crippen LogP contribution in [0.2, 0.25) is 0 Å². The minimum atomic E-state index is 0.342. The van der Waals surface area contributed by atoms with Crippen LogP contribution in [0.4, 0.5) is 11.5 Å². The maximum absolute atomic E-state index is 5.57. The third kappa shape index (κ3) is 1.80. The summed E-state index contributed by atoms with van der Waals surface area (Å²) in [6.45, 7) is 1.93. The van der Waals surface area contributed by atoms with Crippen molar-refractivity contribution in [3.05, 3.63) is 18.3 Å². The lowest BCUT2D eigenvalue weighted by Gasteiger charge is -2.16. The molecule has 0 amide bonds. The van der Waals surface area contributed by atoms with Crippen LogP contribution in [0.5, 0.6) is 0 Å². The van der Waals surface area contributed by atoms with Crippen LogP contribution in [0.15, 0.2) is 18.3 Å². The van der Waals surface area contributed by atoms with Gasteiger partial charge in [0.05, 0.1) is 18.0 Å². The van der Waals surface area contributed by atoms with Gasteiger partial charge >= 0.3 is 0 Å². The molecule has 0 bridgehead atoms. The van der Waals surface area contributed by atoms with E-state index >= 15 is 0 Å². The molecule has 1 aliphatic heterocycles. The van der Waals surface area contributed by atoms with Gasteiger partial charge in [0.15, 0.2) is 0 Å². The molecule has 14 heavy (non-hydrogen) atoms. The molecular weight excluding hydrogens is 178 g/mol. The Morgan fingerprint density at radius 3 is 3.00 bits per heavy atom. The second kappa shape index (κ2) is 3.84. The van der Waals surface area contributed by atoms with E-state index in [0.29, 0.717) is 11.8 Å². The monoisotopic (exact) mass is 193 g/mol. The SMILES string of the molecule is CO[C@H]1CCN(c2ccc(N)cn2)C1. The highest BCUT2D eigenvalue weighted by Gasteiger charge is 2.22. The largest absolute Gasteiger partial charge is 0.397 e. The van der Waals surface area contributed by atoms with E-state index < -0.39 is 0 Å². The molecule has 1 aromatic heterocycles. The van der Waals surface area contributed by atoms with Crippen molar-refractivity contribution in [1.29, 1.82) is 0 Å². The lowest BCUT2D eigenvalue weighted by Crippen LogP contribution is -2.22. The summed E-state index contributed by atoms with van der Waals surface area (Å²) >= 11 is 0. The summed E-state index contributed by atoms with van der Waals surface area (Å²) in [5, 5.41) is 0. The smallest absolute Gasteiger partial charge is 0.128 e. The fraction of sp³-hybridized carbons (Fsp3) is 0.500. The normalized spacial score (nSPS) is 21.5.